The number of ether oxygens (including phenoxy) is 2. The summed E-state index contributed by atoms with van der Waals surface area (Å²) in [6, 6.07) is 10.4. The molecule has 1 amide bonds. The van der Waals surface area contributed by atoms with Gasteiger partial charge >= 0.3 is 5.97 Å². The van der Waals surface area contributed by atoms with E-state index in [4.69, 9.17) is 9.47 Å². The summed E-state index contributed by atoms with van der Waals surface area (Å²) in [6.07, 6.45) is -0.884. The monoisotopic (exact) mass is 305 g/mol. The van der Waals surface area contributed by atoms with E-state index in [-0.39, 0.29) is 0 Å². The molecule has 2 aromatic rings. The number of amides is 1. The van der Waals surface area contributed by atoms with E-state index in [1.807, 2.05) is 0 Å². The van der Waals surface area contributed by atoms with Gasteiger partial charge in [0, 0.05) is 11.8 Å². The highest BCUT2D eigenvalue weighted by Gasteiger charge is 2.19. The Balaban J connectivity index is 1.94. The second-order valence-electron chi connectivity index (χ2n) is 4.25. The van der Waals surface area contributed by atoms with Crippen LogP contribution in [0.2, 0.25) is 0 Å². The molecule has 110 valence electrons. The van der Waals surface area contributed by atoms with Gasteiger partial charge in [-0.25, -0.2) is 4.79 Å². The Bertz CT molecular complexity index is 624. The second kappa shape index (κ2) is 6.90. The first-order chi connectivity index (χ1) is 10.1. The molecule has 0 unspecified atom stereocenters. The van der Waals surface area contributed by atoms with Crippen molar-refractivity contribution in [1.29, 1.82) is 0 Å². The summed E-state index contributed by atoms with van der Waals surface area (Å²) >= 11 is 1.27. The Hall–Kier alpha value is -2.34. The zero-order chi connectivity index (χ0) is 15.2. The summed E-state index contributed by atoms with van der Waals surface area (Å²) in [6.45, 7) is 1.53. The number of carbonyl (C=O) groups excluding carboxylic acids is 2. The number of thiophene rings is 1. The van der Waals surface area contributed by atoms with Crippen LogP contribution in [-0.2, 0) is 9.53 Å². The SMILES string of the molecule is COc1cccc(NC(=O)[C@@H](C)OC(=O)c2cccs2)c1. The van der Waals surface area contributed by atoms with E-state index >= 15 is 0 Å². The molecule has 0 saturated heterocycles. The topological polar surface area (TPSA) is 64.6 Å². The number of nitrogens with one attached hydrogen (secondary N) is 1. The van der Waals surface area contributed by atoms with Crippen LogP contribution in [0.1, 0.15) is 16.6 Å². The molecule has 5 nitrogen and oxygen atoms in total. The summed E-state index contributed by atoms with van der Waals surface area (Å²) in [4.78, 5) is 24.2. The zero-order valence-corrected chi connectivity index (χ0v) is 12.5. The molecular weight excluding hydrogens is 290 g/mol. The maximum atomic E-state index is 12.0. The van der Waals surface area contributed by atoms with Gasteiger partial charge in [-0.2, -0.15) is 0 Å². The molecule has 0 spiro atoms. The number of hydrogen-bond donors (Lipinski definition) is 1. The number of carbonyl (C=O) groups is 2. The zero-order valence-electron chi connectivity index (χ0n) is 11.7. The van der Waals surface area contributed by atoms with Gasteiger partial charge in [-0.1, -0.05) is 12.1 Å². The lowest BCUT2D eigenvalue weighted by molar-refractivity contribution is -0.123. The lowest BCUT2D eigenvalue weighted by Crippen LogP contribution is -2.29. The van der Waals surface area contributed by atoms with Gasteiger partial charge < -0.3 is 14.8 Å². The molecule has 0 radical (unpaired) electrons. The second-order valence-corrected chi connectivity index (χ2v) is 5.19. The van der Waals surface area contributed by atoms with Gasteiger partial charge in [0.2, 0.25) is 0 Å². The molecule has 6 heteroatoms. The van der Waals surface area contributed by atoms with Crippen LogP contribution in [0.5, 0.6) is 5.75 Å². The highest BCUT2D eigenvalue weighted by Crippen LogP contribution is 2.17. The average molecular weight is 305 g/mol. The predicted molar refractivity (Wildman–Crippen MR) is 80.8 cm³/mol. The third-order valence-electron chi connectivity index (χ3n) is 2.71. The molecule has 1 heterocycles. The van der Waals surface area contributed by atoms with Crippen molar-refractivity contribution in [2.75, 3.05) is 12.4 Å². The fourth-order valence-corrected chi connectivity index (χ4v) is 2.22. The molecule has 2 rings (SSSR count). The van der Waals surface area contributed by atoms with E-state index < -0.39 is 18.0 Å². The fraction of sp³-hybridized carbons (Fsp3) is 0.200. The molecule has 1 aromatic carbocycles. The van der Waals surface area contributed by atoms with Gasteiger partial charge in [0.05, 0.1) is 7.11 Å². The van der Waals surface area contributed by atoms with Gasteiger partial charge in [0.15, 0.2) is 6.10 Å². The summed E-state index contributed by atoms with van der Waals surface area (Å²) in [7, 11) is 1.55. The quantitative estimate of drug-likeness (QED) is 0.863. The van der Waals surface area contributed by atoms with Crippen molar-refractivity contribution in [2.24, 2.45) is 0 Å². The number of rotatable bonds is 5. The molecule has 0 aliphatic heterocycles. The van der Waals surface area contributed by atoms with Gasteiger partial charge in [-0.15, -0.1) is 11.3 Å². The van der Waals surface area contributed by atoms with Crippen LogP contribution in [0.15, 0.2) is 41.8 Å². The maximum Gasteiger partial charge on any atom is 0.349 e. The summed E-state index contributed by atoms with van der Waals surface area (Å²) in [5.74, 6) is -0.262. The minimum atomic E-state index is -0.884. The lowest BCUT2D eigenvalue weighted by atomic mass is 10.3. The largest absolute Gasteiger partial charge is 0.497 e. The molecule has 21 heavy (non-hydrogen) atoms. The van der Waals surface area contributed by atoms with Crippen molar-refractivity contribution in [3.8, 4) is 5.75 Å². The number of anilines is 1. The Morgan fingerprint density at radius 2 is 2.05 bits per heavy atom. The van der Waals surface area contributed by atoms with Crippen molar-refractivity contribution < 1.29 is 19.1 Å². The molecule has 0 saturated carbocycles. The van der Waals surface area contributed by atoms with Gasteiger partial charge in [0.1, 0.15) is 10.6 Å². The molecule has 0 fully saturated rings. The molecule has 1 aromatic heterocycles. The molecule has 0 aliphatic carbocycles. The van der Waals surface area contributed by atoms with E-state index in [0.717, 1.165) is 0 Å². The van der Waals surface area contributed by atoms with E-state index in [9.17, 15) is 9.59 Å². The normalized spacial score (nSPS) is 11.5. The minimum Gasteiger partial charge on any atom is -0.497 e. The van der Waals surface area contributed by atoms with Crippen LogP contribution in [-0.4, -0.2) is 25.1 Å². The molecule has 0 bridgehead atoms. The molecule has 1 atom stereocenters. The van der Waals surface area contributed by atoms with E-state index in [0.29, 0.717) is 16.3 Å². The van der Waals surface area contributed by atoms with Crippen molar-refractivity contribution >= 4 is 28.9 Å². The predicted octanol–water partition coefficient (Wildman–Crippen LogP) is 2.94. The van der Waals surface area contributed by atoms with Crippen LogP contribution >= 0.6 is 11.3 Å². The summed E-state index contributed by atoms with van der Waals surface area (Å²) in [5, 5.41) is 4.45. The first-order valence-electron chi connectivity index (χ1n) is 6.29. The number of benzene rings is 1. The van der Waals surface area contributed by atoms with Crippen LogP contribution in [0.3, 0.4) is 0 Å². The van der Waals surface area contributed by atoms with Crippen LogP contribution in [0.4, 0.5) is 5.69 Å². The molecule has 1 N–H and O–H groups in total. The van der Waals surface area contributed by atoms with Gasteiger partial charge in [-0.05, 0) is 30.5 Å². The fourth-order valence-electron chi connectivity index (χ4n) is 1.61. The smallest absolute Gasteiger partial charge is 0.349 e. The van der Waals surface area contributed by atoms with Crippen molar-refractivity contribution in [3.05, 3.63) is 46.7 Å². The lowest BCUT2D eigenvalue weighted by Gasteiger charge is -2.13. The maximum absolute atomic E-state index is 12.0. The van der Waals surface area contributed by atoms with Crippen molar-refractivity contribution in [3.63, 3.8) is 0 Å². The highest BCUT2D eigenvalue weighted by molar-refractivity contribution is 7.11. The first-order valence-corrected chi connectivity index (χ1v) is 7.17. The summed E-state index contributed by atoms with van der Waals surface area (Å²) < 4.78 is 10.2. The van der Waals surface area contributed by atoms with Crippen LogP contribution in [0, 0.1) is 0 Å². The standard InChI is InChI=1S/C15H15NO4S/c1-10(20-15(18)13-7-4-8-21-13)14(17)16-11-5-3-6-12(9-11)19-2/h3-10H,1-2H3,(H,16,17)/t10-/m1/s1. The summed E-state index contributed by atoms with van der Waals surface area (Å²) in [5.41, 5.74) is 0.582. The van der Waals surface area contributed by atoms with E-state index in [1.165, 1.54) is 18.3 Å². The minimum absolute atomic E-state index is 0.395. The van der Waals surface area contributed by atoms with Crippen LogP contribution < -0.4 is 10.1 Å². The first kappa shape index (κ1) is 15.1. The third-order valence-corrected chi connectivity index (χ3v) is 3.56. The van der Waals surface area contributed by atoms with Gasteiger partial charge in [-0.3, -0.25) is 4.79 Å². The van der Waals surface area contributed by atoms with Crippen molar-refractivity contribution in [1.82, 2.24) is 0 Å². The Kier molecular flexibility index (Phi) is 4.94. The van der Waals surface area contributed by atoms with Crippen LogP contribution in [0.25, 0.3) is 0 Å². The number of methoxy groups -OCH3 is 1. The molecule has 0 aliphatic rings. The van der Waals surface area contributed by atoms with Crippen molar-refractivity contribution in [2.45, 2.75) is 13.0 Å². The van der Waals surface area contributed by atoms with Gasteiger partial charge in [0.25, 0.3) is 5.91 Å². The number of hydrogen-bond acceptors (Lipinski definition) is 5. The third kappa shape index (κ3) is 4.06. The highest BCUT2D eigenvalue weighted by atomic mass is 32.1. The Morgan fingerprint density at radius 1 is 1.24 bits per heavy atom. The van der Waals surface area contributed by atoms with E-state index in [1.54, 1.807) is 48.9 Å². The molecular formula is C15H15NO4S. The average Bonchev–Trinajstić information content (AvgIpc) is 3.01. The Labute approximate surface area is 126 Å². The van der Waals surface area contributed by atoms with E-state index in [2.05, 4.69) is 5.32 Å². The Morgan fingerprint density at radius 3 is 2.71 bits per heavy atom. The number of esters is 1.